The molecule has 0 unspecified atom stereocenters. The molecular formula is C13H15N3O2. The summed E-state index contributed by atoms with van der Waals surface area (Å²) in [5.41, 5.74) is 0.836. The molecule has 0 saturated heterocycles. The quantitative estimate of drug-likeness (QED) is 0.821. The van der Waals surface area contributed by atoms with Crippen molar-refractivity contribution in [1.29, 1.82) is 0 Å². The lowest BCUT2D eigenvalue weighted by Crippen LogP contribution is -2.31. The van der Waals surface area contributed by atoms with E-state index in [9.17, 15) is 9.59 Å². The predicted octanol–water partition coefficient (Wildman–Crippen LogP) is 1.21. The third-order valence-corrected chi connectivity index (χ3v) is 3.76. The van der Waals surface area contributed by atoms with E-state index in [1.807, 2.05) is 13.8 Å². The van der Waals surface area contributed by atoms with Crippen LogP contribution in [0.1, 0.15) is 31.3 Å². The lowest BCUT2D eigenvalue weighted by molar-refractivity contribution is 0.503. The molecule has 0 bridgehead atoms. The van der Waals surface area contributed by atoms with Gasteiger partial charge in [-0.15, -0.1) is 0 Å². The monoisotopic (exact) mass is 245 g/mol. The van der Waals surface area contributed by atoms with E-state index in [2.05, 4.69) is 9.97 Å². The van der Waals surface area contributed by atoms with Crippen molar-refractivity contribution in [2.45, 2.75) is 39.2 Å². The van der Waals surface area contributed by atoms with Crippen molar-refractivity contribution in [1.82, 2.24) is 14.5 Å². The van der Waals surface area contributed by atoms with E-state index in [1.54, 1.807) is 11.5 Å². The summed E-state index contributed by atoms with van der Waals surface area (Å²) in [6, 6.07) is 1.47. The Balaban J connectivity index is 2.49. The van der Waals surface area contributed by atoms with Gasteiger partial charge in [0, 0.05) is 17.3 Å². The number of pyridine rings is 1. The number of aromatic nitrogens is 3. The Morgan fingerprint density at radius 3 is 2.61 bits per heavy atom. The summed E-state index contributed by atoms with van der Waals surface area (Å²) in [6.07, 6.45) is 1.97. The molecule has 1 saturated carbocycles. The molecule has 1 N–H and O–H groups in total. The summed E-state index contributed by atoms with van der Waals surface area (Å²) in [7, 11) is 0. The molecule has 2 aromatic heterocycles. The zero-order chi connectivity index (χ0) is 13.1. The van der Waals surface area contributed by atoms with Gasteiger partial charge in [0.1, 0.15) is 5.82 Å². The fourth-order valence-corrected chi connectivity index (χ4v) is 2.60. The maximum atomic E-state index is 12.2. The molecule has 1 aliphatic carbocycles. The van der Waals surface area contributed by atoms with E-state index in [1.165, 1.54) is 6.07 Å². The molecule has 0 spiro atoms. The zero-order valence-corrected chi connectivity index (χ0v) is 10.7. The summed E-state index contributed by atoms with van der Waals surface area (Å²) in [5.74, 6) is 0.529. The minimum atomic E-state index is -0.173. The van der Waals surface area contributed by atoms with Crippen LogP contribution in [0.15, 0.2) is 15.7 Å². The molecule has 18 heavy (non-hydrogen) atoms. The summed E-state index contributed by atoms with van der Waals surface area (Å²) >= 11 is 0. The zero-order valence-electron chi connectivity index (χ0n) is 10.7. The molecule has 2 heterocycles. The number of nitrogens with one attached hydrogen (secondary N) is 1. The molecule has 5 heteroatoms. The molecule has 0 amide bonds. The Morgan fingerprint density at radius 1 is 1.33 bits per heavy atom. The summed E-state index contributed by atoms with van der Waals surface area (Å²) < 4.78 is 1.74. The molecular weight excluding hydrogens is 230 g/mol. The normalized spacial score (nSPS) is 17.1. The van der Waals surface area contributed by atoms with Gasteiger partial charge in [-0.3, -0.25) is 9.59 Å². The summed E-state index contributed by atoms with van der Waals surface area (Å²) in [4.78, 5) is 31.1. The molecule has 0 radical (unpaired) electrons. The van der Waals surface area contributed by atoms with Gasteiger partial charge in [-0.2, -0.15) is 0 Å². The Bertz CT molecular complexity index is 766. The van der Waals surface area contributed by atoms with E-state index in [4.69, 9.17) is 0 Å². The number of aryl methyl sites for hydroxylation is 2. The first-order chi connectivity index (χ1) is 8.42. The van der Waals surface area contributed by atoms with Gasteiger partial charge in [-0.05, 0) is 33.6 Å². The number of nitrogens with zero attached hydrogens (tertiary/aromatic N) is 2. The second kappa shape index (κ2) is 3.31. The number of fused-ring (bicyclic) bond motifs is 1. The lowest BCUT2D eigenvalue weighted by Gasteiger charge is -2.17. The Hall–Kier alpha value is -1.91. The molecule has 2 aromatic rings. The van der Waals surface area contributed by atoms with Crippen LogP contribution in [0.5, 0.6) is 0 Å². The van der Waals surface area contributed by atoms with Gasteiger partial charge in [-0.25, -0.2) is 4.98 Å². The number of hydrogen-bond donors (Lipinski definition) is 1. The molecule has 94 valence electrons. The average molecular weight is 245 g/mol. The van der Waals surface area contributed by atoms with Crippen molar-refractivity contribution in [3.8, 4) is 0 Å². The van der Waals surface area contributed by atoms with Crippen LogP contribution in [0.4, 0.5) is 0 Å². The topological polar surface area (TPSA) is 67.8 Å². The van der Waals surface area contributed by atoms with Gasteiger partial charge in [-0.1, -0.05) is 0 Å². The number of aromatic amines is 1. The number of rotatable bonds is 1. The van der Waals surface area contributed by atoms with E-state index in [0.717, 1.165) is 12.8 Å². The van der Waals surface area contributed by atoms with Crippen molar-refractivity contribution in [3.05, 3.63) is 38.3 Å². The summed E-state index contributed by atoms with van der Waals surface area (Å²) in [6.45, 7) is 5.58. The Kier molecular flexibility index (Phi) is 2.06. The maximum Gasteiger partial charge on any atom is 0.260 e. The molecule has 5 nitrogen and oxygen atoms in total. The van der Waals surface area contributed by atoms with Crippen molar-refractivity contribution in [3.63, 3.8) is 0 Å². The van der Waals surface area contributed by atoms with E-state index >= 15 is 0 Å². The van der Waals surface area contributed by atoms with Crippen molar-refractivity contribution < 1.29 is 0 Å². The molecule has 0 aliphatic heterocycles. The van der Waals surface area contributed by atoms with Crippen LogP contribution in [0.25, 0.3) is 10.9 Å². The van der Waals surface area contributed by atoms with Gasteiger partial charge < -0.3 is 9.55 Å². The largest absolute Gasteiger partial charge is 0.310 e. The molecule has 0 atom stereocenters. The van der Waals surface area contributed by atoms with Crippen LogP contribution < -0.4 is 11.1 Å². The van der Waals surface area contributed by atoms with Crippen LogP contribution in [-0.2, 0) is 5.54 Å². The van der Waals surface area contributed by atoms with Crippen LogP contribution in [0, 0.1) is 13.8 Å². The van der Waals surface area contributed by atoms with Gasteiger partial charge in [0.2, 0.25) is 0 Å². The molecule has 0 aromatic carbocycles. The smallest absolute Gasteiger partial charge is 0.260 e. The first-order valence-corrected chi connectivity index (χ1v) is 6.06. The predicted molar refractivity (Wildman–Crippen MR) is 69.0 cm³/mol. The van der Waals surface area contributed by atoms with Crippen molar-refractivity contribution in [2.24, 2.45) is 0 Å². The van der Waals surface area contributed by atoms with Crippen molar-refractivity contribution in [2.75, 3.05) is 0 Å². The van der Waals surface area contributed by atoms with E-state index in [0.29, 0.717) is 22.4 Å². The highest BCUT2D eigenvalue weighted by Gasteiger charge is 2.41. The van der Waals surface area contributed by atoms with Gasteiger partial charge in [0.25, 0.3) is 11.1 Å². The fraction of sp³-hybridized carbons (Fsp3) is 0.462. The highest BCUT2D eigenvalue weighted by Crippen LogP contribution is 2.42. The number of H-pyrrole nitrogens is 1. The second-order valence-corrected chi connectivity index (χ2v) is 5.31. The van der Waals surface area contributed by atoms with Crippen molar-refractivity contribution >= 4 is 10.9 Å². The van der Waals surface area contributed by atoms with E-state index < -0.39 is 0 Å². The van der Waals surface area contributed by atoms with Crippen LogP contribution in [0.2, 0.25) is 0 Å². The second-order valence-electron chi connectivity index (χ2n) is 5.31. The molecule has 3 rings (SSSR count). The summed E-state index contributed by atoms with van der Waals surface area (Å²) in [5, 5.41) is 0.522. The highest BCUT2D eigenvalue weighted by molar-refractivity contribution is 5.79. The lowest BCUT2D eigenvalue weighted by atomic mass is 10.2. The number of hydrogen-bond acceptors (Lipinski definition) is 3. The van der Waals surface area contributed by atoms with Gasteiger partial charge >= 0.3 is 0 Å². The maximum absolute atomic E-state index is 12.2. The average Bonchev–Trinajstić information content (AvgIpc) is 2.94. The SMILES string of the molecule is Cc1nc2cc(=O)n(C3(C)CC3)c(C)c2c(=O)[nH]1. The van der Waals surface area contributed by atoms with Gasteiger partial charge in [0.05, 0.1) is 10.9 Å². The molecule has 1 aliphatic rings. The Morgan fingerprint density at radius 2 is 2.00 bits per heavy atom. The first-order valence-electron chi connectivity index (χ1n) is 6.06. The first kappa shape index (κ1) is 11.2. The fourth-order valence-electron chi connectivity index (χ4n) is 2.60. The highest BCUT2D eigenvalue weighted by atomic mass is 16.1. The Labute approximate surface area is 103 Å². The van der Waals surface area contributed by atoms with Gasteiger partial charge in [0.15, 0.2) is 0 Å². The van der Waals surface area contributed by atoms with Crippen LogP contribution >= 0.6 is 0 Å². The third kappa shape index (κ3) is 1.43. The standard InChI is InChI=1S/C13H15N3O2/c1-7-11-9(14-8(2)15-12(11)18)6-10(17)16(7)13(3)4-5-13/h6H,4-5H2,1-3H3,(H,14,15,18). The minimum Gasteiger partial charge on any atom is -0.310 e. The van der Waals surface area contributed by atoms with Crippen LogP contribution in [0.3, 0.4) is 0 Å². The van der Waals surface area contributed by atoms with E-state index in [-0.39, 0.29) is 16.7 Å². The third-order valence-electron chi connectivity index (χ3n) is 3.76. The van der Waals surface area contributed by atoms with Crippen LogP contribution in [-0.4, -0.2) is 14.5 Å². The minimum absolute atomic E-state index is 0.0718. The molecule has 1 fully saturated rings.